The quantitative estimate of drug-likeness (QED) is 0.126. The fourth-order valence-corrected chi connectivity index (χ4v) is 15.6. The lowest BCUT2D eigenvalue weighted by atomic mass is 9.86. The SMILES string of the molecule is C[Si]1(N(S(=O)(=O)C(F)(F)F)S(=O)(=O)C(F)(F)F)Oc2c(-c3ccc4ccccc4c3)cc3ccccc3c2-c2c(c(-c3ccc4ccccc4c3)cc3ccccc23)O1. The van der Waals surface area contributed by atoms with Crippen molar-refractivity contribution in [2.75, 3.05) is 0 Å². The van der Waals surface area contributed by atoms with E-state index in [0.717, 1.165) is 10.8 Å². The van der Waals surface area contributed by atoms with Crippen LogP contribution in [-0.4, -0.2) is 40.0 Å². The Bertz CT molecular complexity index is 3070. The zero-order valence-electron chi connectivity index (χ0n) is 30.3. The van der Waals surface area contributed by atoms with Crippen LogP contribution in [0.25, 0.3) is 76.5 Å². The van der Waals surface area contributed by atoms with E-state index < -0.39 is 43.2 Å². The fourth-order valence-electron chi connectivity index (χ4n) is 7.74. The van der Waals surface area contributed by atoms with Gasteiger partial charge < -0.3 is 8.85 Å². The van der Waals surface area contributed by atoms with E-state index in [4.69, 9.17) is 8.85 Å². The number of benzene rings is 8. The number of nitrogens with zero attached hydrogens (tertiary/aromatic N) is 1. The number of hydrogen-bond donors (Lipinski definition) is 0. The second-order valence-electron chi connectivity index (χ2n) is 14.0. The van der Waals surface area contributed by atoms with E-state index in [-0.39, 0.29) is 33.8 Å². The smallest absolute Gasteiger partial charge is 0.499 e. The molecule has 9 rings (SSSR count). The molecule has 0 bridgehead atoms. The molecule has 1 heterocycles. The molecule has 0 saturated carbocycles. The summed E-state index contributed by atoms with van der Waals surface area (Å²) < 4.78 is 153. The molecule has 0 spiro atoms. The fraction of sp³-hybridized carbons (Fsp3) is 0.0698. The molecule has 16 heteroatoms. The topological polar surface area (TPSA) is 90.0 Å². The van der Waals surface area contributed by atoms with Gasteiger partial charge in [0.2, 0.25) is 0 Å². The molecule has 1 aliphatic heterocycles. The van der Waals surface area contributed by atoms with Crippen LogP contribution in [0.1, 0.15) is 0 Å². The predicted molar refractivity (Wildman–Crippen MR) is 217 cm³/mol. The molecule has 0 saturated heterocycles. The highest BCUT2D eigenvalue weighted by Gasteiger charge is 2.72. The van der Waals surface area contributed by atoms with E-state index in [1.165, 1.54) is 0 Å². The maximum Gasteiger partial charge on any atom is 0.581 e. The van der Waals surface area contributed by atoms with Crippen molar-refractivity contribution in [1.29, 1.82) is 0 Å². The van der Waals surface area contributed by atoms with Gasteiger partial charge in [0, 0.05) is 28.8 Å². The third-order valence-corrected chi connectivity index (χ3v) is 18.8. The monoisotopic (exact) mass is 859 g/mol. The van der Waals surface area contributed by atoms with Crippen molar-refractivity contribution in [3.63, 3.8) is 0 Å². The Morgan fingerprint density at radius 1 is 0.458 bits per heavy atom. The Labute approximate surface area is 334 Å². The van der Waals surface area contributed by atoms with Crippen LogP contribution in [0.4, 0.5) is 26.3 Å². The Morgan fingerprint density at radius 2 is 0.797 bits per heavy atom. The van der Waals surface area contributed by atoms with E-state index in [1.54, 1.807) is 121 Å². The lowest BCUT2D eigenvalue weighted by Crippen LogP contribution is -2.68. The van der Waals surface area contributed by atoms with E-state index in [0.29, 0.717) is 50.0 Å². The van der Waals surface area contributed by atoms with Crippen LogP contribution in [0.3, 0.4) is 0 Å². The number of hydrogen-bond acceptors (Lipinski definition) is 6. The van der Waals surface area contributed by atoms with E-state index in [2.05, 4.69) is 0 Å². The lowest BCUT2D eigenvalue weighted by molar-refractivity contribution is -0.0518. The van der Waals surface area contributed by atoms with E-state index in [9.17, 15) is 43.2 Å². The van der Waals surface area contributed by atoms with Gasteiger partial charge in [-0.2, -0.15) is 26.3 Å². The van der Waals surface area contributed by atoms with Crippen LogP contribution in [0, 0.1) is 0 Å². The Hall–Kier alpha value is -5.94. The largest absolute Gasteiger partial charge is 0.581 e. The second-order valence-corrected chi connectivity index (χ2v) is 21.1. The Balaban J connectivity index is 1.50. The molecular formula is C43H27F6NO6S2Si. The summed E-state index contributed by atoms with van der Waals surface area (Å²) in [6.45, 7) is 0.553. The highest BCUT2D eigenvalue weighted by molar-refractivity contribution is 8.06. The lowest BCUT2D eigenvalue weighted by Gasteiger charge is -2.35. The highest BCUT2D eigenvalue weighted by Crippen LogP contribution is 2.56. The van der Waals surface area contributed by atoms with Crippen LogP contribution in [-0.2, 0) is 20.0 Å². The van der Waals surface area contributed by atoms with Crippen LogP contribution in [0.2, 0.25) is 6.55 Å². The molecule has 0 radical (unpaired) electrons. The zero-order valence-corrected chi connectivity index (χ0v) is 33.0. The van der Waals surface area contributed by atoms with Gasteiger partial charge in [0.05, 0.1) is 0 Å². The van der Waals surface area contributed by atoms with E-state index in [1.807, 2.05) is 24.3 Å². The summed E-state index contributed by atoms with van der Waals surface area (Å²) in [4.78, 5) is 0. The minimum atomic E-state index is -7.42. The van der Waals surface area contributed by atoms with Gasteiger partial charge in [-0.05, 0) is 81.9 Å². The summed E-state index contributed by atoms with van der Waals surface area (Å²) in [5.41, 5.74) is -11.9. The van der Waals surface area contributed by atoms with E-state index >= 15 is 0 Å². The molecule has 0 fully saturated rings. The first-order chi connectivity index (χ1) is 27.9. The van der Waals surface area contributed by atoms with Crippen molar-refractivity contribution in [3.05, 3.63) is 146 Å². The first kappa shape index (κ1) is 38.6. The third kappa shape index (κ3) is 6.11. The number of fused-ring (bicyclic) bond motifs is 9. The molecule has 0 aromatic heterocycles. The van der Waals surface area contributed by atoms with Gasteiger partial charge in [0.1, 0.15) is 11.5 Å². The Morgan fingerprint density at radius 3 is 1.17 bits per heavy atom. The second kappa shape index (κ2) is 13.3. The van der Waals surface area contributed by atoms with Crippen molar-refractivity contribution in [1.82, 2.24) is 3.38 Å². The van der Waals surface area contributed by atoms with Crippen molar-refractivity contribution < 1.29 is 52.0 Å². The van der Waals surface area contributed by atoms with Gasteiger partial charge in [-0.15, -0.1) is 0 Å². The first-order valence-electron chi connectivity index (χ1n) is 17.8. The highest BCUT2D eigenvalue weighted by atomic mass is 32.3. The summed E-state index contributed by atoms with van der Waals surface area (Å²) in [5.74, 6) is -0.764. The van der Waals surface area contributed by atoms with Crippen molar-refractivity contribution in [2.24, 2.45) is 0 Å². The number of alkyl halides is 6. The summed E-state index contributed by atoms with van der Waals surface area (Å²) in [5, 5.41) is 4.97. The summed E-state index contributed by atoms with van der Waals surface area (Å²) in [6.07, 6.45) is 0. The predicted octanol–water partition coefficient (Wildman–Crippen LogP) is 11.6. The number of rotatable bonds is 5. The molecular weight excluding hydrogens is 833 g/mol. The zero-order chi connectivity index (χ0) is 41.7. The molecule has 0 N–H and O–H groups in total. The first-order valence-corrected chi connectivity index (χ1v) is 22.9. The minimum absolute atomic E-state index is 0.119. The van der Waals surface area contributed by atoms with Crippen molar-refractivity contribution >= 4 is 71.9 Å². The van der Waals surface area contributed by atoms with Crippen LogP contribution >= 0.6 is 0 Å². The number of sulfonamides is 2. The van der Waals surface area contributed by atoms with Gasteiger partial charge in [-0.3, -0.25) is 0 Å². The van der Waals surface area contributed by atoms with Gasteiger partial charge in [-0.1, -0.05) is 121 Å². The molecule has 0 aliphatic carbocycles. The van der Waals surface area contributed by atoms with Crippen LogP contribution in [0.15, 0.2) is 146 Å². The third-order valence-electron chi connectivity index (χ3n) is 10.3. The van der Waals surface area contributed by atoms with Crippen LogP contribution < -0.4 is 8.85 Å². The average Bonchev–Trinajstić information content (AvgIpc) is 3.33. The normalized spacial score (nSPS) is 14.5. The van der Waals surface area contributed by atoms with Gasteiger partial charge >= 0.3 is 39.8 Å². The molecule has 8 aromatic rings. The summed E-state index contributed by atoms with van der Waals surface area (Å²) in [6, 6.07) is 41.7. The standard InChI is InChI=1S/C43H27F6NO6S2Si/c1-59(50(57(51,52)42(44,45)46)58(53,54)43(47,48)49)55-40-36(32-20-18-26-10-2-4-12-28(26)22-32)24-30-14-6-8-16-34(30)38(40)39-35-17-9-7-15-31(35)25-37(41(39)56-59)33-21-19-27-11-3-5-13-29(27)23-33/h2-25H,1H3. The Kier molecular flexibility index (Phi) is 8.69. The number of halogens is 6. The molecule has 7 nitrogen and oxygen atoms in total. The minimum Gasteiger partial charge on any atom is -0.499 e. The molecule has 0 atom stereocenters. The molecule has 59 heavy (non-hydrogen) atoms. The molecule has 298 valence electrons. The molecule has 0 unspecified atom stereocenters. The molecule has 1 aliphatic rings. The van der Waals surface area contributed by atoms with Gasteiger partial charge in [0.15, 0.2) is 0 Å². The van der Waals surface area contributed by atoms with Gasteiger partial charge in [-0.25, -0.2) is 16.8 Å². The maximum atomic E-state index is 14.7. The van der Waals surface area contributed by atoms with Crippen LogP contribution in [0.5, 0.6) is 11.5 Å². The molecule has 0 amide bonds. The summed E-state index contributed by atoms with van der Waals surface area (Å²) >= 11 is 0. The summed E-state index contributed by atoms with van der Waals surface area (Å²) in [7, 11) is -21.0. The van der Waals surface area contributed by atoms with Crippen molar-refractivity contribution in [2.45, 2.75) is 17.6 Å². The molecule has 8 aromatic carbocycles. The van der Waals surface area contributed by atoms with Crippen molar-refractivity contribution in [3.8, 4) is 44.9 Å². The van der Waals surface area contributed by atoms with Gasteiger partial charge in [0.25, 0.3) is 0 Å². The average molecular weight is 860 g/mol. The maximum absolute atomic E-state index is 14.7.